The molecule has 1 aromatic carbocycles. The van der Waals surface area contributed by atoms with Gasteiger partial charge in [-0.15, -0.1) is 11.6 Å². The first kappa shape index (κ1) is 13.5. The highest BCUT2D eigenvalue weighted by molar-refractivity contribution is 9.10. The van der Waals surface area contributed by atoms with Crippen molar-refractivity contribution in [3.8, 4) is 5.75 Å². The minimum Gasteiger partial charge on any atom is -0.490 e. The van der Waals surface area contributed by atoms with E-state index in [-0.39, 0.29) is 11.7 Å². The van der Waals surface area contributed by atoms with Crippen molar-refractivity contribution in [2.45, 2.75) is 0 Å². The van der Waals surface area contributed by atoms with E-state index in [0.717, 1.165) is 4.47 Å². The van der Waals surface area contributed by atoms with Crippen LogP contribution in [-0.4, -0.2) is 32.0 Å². The van der Waals surface area contributed by atoms with Crippen molar-refractivity contribution < 1.29 is 14.3 Å². The van der Waals surface area contributed by atoms with Crippen LogP contribution in [0.5, 0.6) is 5.75 Å². The van der Waals surface area contributed by atoms with Gasteiger partial charge >= 0.3 is 0 Å². The largest absolute Gasteiger partial charge is 0.490 e. The lowest BCUT2D eigenvalue weighted by Gasteiger charge is -2.08. The maximum atomic E-state index is 11.3. The van der Waals surface area contributed by atoms with Crippen molar-refractivity contribution in [1.82, 2.24) is 0 Å². The number of Topliss-reactive ketones (excluding diaryl/α,β-unsaturated/α-hetero) is 1. The van der Waals surface area contributed by atoms with Crippen LogP contribution in [0.25, 0.3) is 0 Å². The van der Waals surface area contributed by atoms with E-state index < -0.39 is 0 Å². The monoisotopic (exact) mass is 306 g/mol. The Balaban J connectivity index is 2.71. The second-order valence-corrected chi connectivity index (χ2v) is 4.16. The van der Waals surface area contributed by atoms with E-state index in [2.05, 4.69) is 15.9 Å². The van der Waals surface area contributed by atoms with Gasteiger partial charge in [0.2, 0.25) is 0 Å². The molecule has 1 rings (SSSR count). The number of carbonyl (C=O) groups excluding carboxylic acids is 1. The van der Waals surface area contributed by atoms with Crippen molar-refractivity contribution in [3.05, 3.63) is 28.2 Å². The van der Waals surface area contributed by atoms with Crippen LogP contribution in [0.4, 0.5) is 0 Å². The Morgan fingerprint density at radius 1 is 1.44 bits per heavy atom. The van der Waals surface area contributed by atoms with Crippen LogP contribution in [0.15, 0.2) is 22.7 Å². The number of alkyl halides is 1. The van der Waals surface area contributed by atoms with Gasteiger partial charge in [0, 0.05) is 12.7 Å². The summed E-state index contributed by atoms with van der Waals surface area (Å²) in [5, 5.41) is 0. The smallest absolute Gasteiger partial charge is 0.177 e. The molecule has 0 fully saturated rings. The Kier molecular flexibility index (Phi) is 5.80. The fourth-order valence-electron chi connectivity index (χ4n) is 1.10. The zero-order valence-corrected chi connectivity index (χ0v) is 11.2. The van der Waals surface area contributed by atoms with E-state index in [9.17, 15) is 4.79 Å². The Morgan fingerprint density at radius 3 is 2.75 bits per heavy atom. The molecule has 0 aliphatic rings. The zero-order valence-electron chi connectivity index (χ0n) is 8.83. The van der Waals surface area contributed by atoms with Crippen LogP contribution in [-0.2, 0) is 4.74 Å². The summed E-state index contributed by atoms with van der Waals surface area (Å²) < 4.78 is 11.0. The molecule has 0 heterocycles. The molecule has 0 unspecified atom stereocenters. The lowest BCUT2D eigenvalue weighted by molar-refractivity contribution is 0.102. The van der Waals surface area contributed by atoms with E-state index in [4.69, 9.17) is 21.1 Å². The fourth-order valence-corrected chi connectivity index (χ4v) is 1.75. The fraction of sp³-hybridized carbons (Fsp3) is 0.364. The normalized spacial score (nSPS) is 10.2. The minimum atomic E-state index is -0.106. The van der Waals surface area contributed by atoms with Crippen molar-refractivity contribution in [3.63, 3.8) is 0 Å². The van der Waals surface area contributed by atoms with Gasteiger partial charge in [0.05, 0.1) is 17.0 Å². The van der Waals surface area contributed by atoms with Gasteiger partial charge in [-0.1, -0.05) is 0 Å². The van der Waals surface area contributed by atoms with Gasteiger partial charge in [0.25, 0.3) is 0 Å². The molecule has 0 atom stereocenters. The molecule has 1 aromatic rings. The average Bonchev–Trinajstić information content (AvgIpc) is 2.30. The molecule has 3 nitrogen and oxygen atoms in total. The highest BCUT2D eigenvalue weighted by atomic mass is 79.9. The quantitative estimate of drug-likeness (QED) is 0.460. The van der Waals surface area contributed by atoms with Crippen molar-refractivity contribution in [2.24, 2.45) is 0 Å². The zero-order chi connectivity index (χ0) is 12.0. The van der Waals surface area contributed by atoms with Gasteiger partial charge in [0.15, 0.2) is 5.78 Å². The molecule has 16 heavy (non-hydrogen) atoms. The highest BCUT2D eigenvalue weighted by Crippen LogP contribution is 2.26. The molecule has 0 aliphatic carbocycles. The van der Waals surface area contributed by atoms with E-state index in [1.54, 1.807) is 25.3 Å². The van der Waals surface area contributed by atoms with E-state index in [1.165, 1.54) is 0 Å². The van der Waals surface area contributed by atoms with Gasteiger partial charge in [-0.3, -0.25) is 4.79 Å². The van der Waals surface area contributed by atoms with Crippen LogP contribution in [0.3, 0.4) is 0 Å². The molecule has 88 valence electrons. The number of ketones is 1. The van der Waals surface area contributed by atoms with Gasteiger partial charge in [-0.25, -0.2) is 0 Å². The molecule has 0 saturated carbocycles. The number of rotatable bonds is 6. The van der Waals surface area contributed by atoms with Gasteiger partial charge in [-0.2, -0.15) is 0 Å². The minimum absolute atomic E-state index is 0.0175. The number of hydrogen-bond donors (Lipinski definition) is 0. The van der Waals surface area contributed by atoms with E-state index in [1.807, 2.05) is 0 Å². The molecule has 0 radical (unpaired) electrons. The third-order valence-corrected chi connectivity index (χ3v) is 2.78. The Labute approximate surface area is 108 Å². The predicted octanol–water partition coefficient (Wildman–Crippen LogP) is 2.90. The summed E-state index contributed by atoms with van der Waals surface area (Å²) in [5.41, 5.74) is 0.570. The van der Waals surface area contributed by atoms with Crippen LogP contribution in [0, 0.1) is 0 Å². The molecule has 0 bridgehead atoms. The first-order valence-electron chi connectivity index (χ1n) is 4.69. The summed E-state index contributed by atoms with van der Waals surface area (Å²) in [5.74, 6) is 0.560. The summed E-state index contributed by atoms with van der Waals surface area (Å²) in [6.45, 7) is 0.993. The average molecular weight is 308 g/mol. The Morgan fingerprint density at radius 2 is 2.19 bits per heavy atom. The lowest BCUT2D eigenvalue weighted by Crippen LogP contribution is -2.05. The Bertz CT molecular complexity index is 368. The molecule has 0 N–H and O–H groups in total. The second kappa shape index (κ2) is 6.89. The number of methoxy groups -OCH3 is 1. The third-order valence-electron chi connectivity index (χ3n) is 1.92. The molecule has 0 aliphatic heterocycles. The van der Waals surface area contributed by atoms with E-state index in [0.29, 0.717) is 24.5 Å². The van der Waals surface area contributed by atoms with E-state index >= 15 is 0 Å². The summed E-state index contributed by atoms with van der Waals surface area (Å²) in [6.07, 6.45) is 0. The van der Waals surface area contributed by atoms with Crippen molar-refractivity contribution in [2.75, 3.05) is 26.2 Å². The van der Waals surface area contributed by atoms with Crippen LogP contribution in [0.1, 0.15) is 10.4 Å². The van der Waals surface area contributed by atoms with Crippen LogP contribution >= 0.6 is 27.5 Å². The number of ether oxygens (including phenoxy) is 2. The predicted molar refractivity (Wildman–Crippen MR) is 66.6 cm³/mol. The van der Waals surface area contributed by atoms with Gasteiger partial charge < -0.3 is 9.47 Å². The number of benzene rings is 1. The molecule has 0 saturated heterocycles. The summed E-state index contributed by atoms with van der Waals surface area (Å²) in [4.78, 5) is 11.3. The van der Waals surface area contributed by atoms with Crippen molar-refractivity contribution in [1.29, 1.82) is 0 Å². The topological polar surface area (TPSA) is 35.5 Å². The third kappa shape index (κ3) is 3.77. The first-order chi connectivity index (χ1) is 7.69. The second-order valence-electron chi connectivity index (χ2n) is 3.04. The SMILES string of the molecule is COCCOc1ccc(C(=O)CCl)cc1Br. The van der Waals surface area contributed by atoms with Crippen LogP contribution in [0.2, 0.25) is 0 Å². The number of carbonyl (C=O) groups is 1. The summed E-state index contributed by atoms with van der Waals surface area (Å²) >= 11 is 8.80. The molecular formula is C11H12BrClO3. The summed E-state index contributed by atoms with van der Waals surface area (Å²) in [6, 6.07) is 5.13. The standard InChI is InChI=1S/C11H12BrClO3/c1-15-4-5-16-11-3-2-8(6-9(11)12)10(14)7-13/h2-3,6H,4-5,7H2,1H3. The molecular weight excluding hydrogens is 295 g/mol. The summed E-state index contributed by atoms with van der Waals surface area (Å²) in [7, 11) is 1.61. The van der Waals surface area contributed by atoms with Gasteiger partial charge in [-0.05, 0) is 34.1 Å². The van der Waals surface area contributed by atoms with Crippen molar-refractivity contribution >= 4 is 33.3 Å². The maximum Gasteiger partial charge on any atom is 0.177 e. The first-order valence-corrected chi connectivity index (χ1v) is 6.02. The lowest BCUT2D eigenvalue weighted by atomic mass is 10.1. The maximum absolute atomic E-state index is 11.3. The Hall–Kier alpha value is -0.580. The number of halogens is 2. The van der Waals surface area contributed by atoms with Gasteiger partial charge in [0.1, 0.15) is 12.4 Å². The molecule has 0 spiro atoms. The highest BCUT2D eigenvalue weighted by Gasteiger charge is 2.07. The molecule has 5 heteroatoms. The number of hydrogen-bond acceptors (Lipinski definition) is 3. The molecule has 0 aromatic heterocycles. The van der Waals surface area contributed by atoms with Crippen LogP contribution < -0.4 is 4.74 Å². The molecule has 0 amide bonds.